The molecule has 0 aromatic heterocycles. The highest BCUT2D eigenvalue weighted by molar-refractivity contribution is 7.90. The Labute approximate surface area is 101 Å². The van der Waals surface area contributed by atoms with E-state index in [9.17, 15) is 12.8 Å². The van der Waals surface area contributed by atoms with Crippen LogP contribution in [0, 0.1) is 5.82 Å². The van der Waals surface area contributed by atoms with Crippen LogP contribution in [0.1, 0.15) is 12.0 Å². The summed E-state index contributed by atoms with van der Waals surface area (Å²) in [6, 6.07) is 4.68. The topological polar surface area (TPSA) is 40.6 Å². The lowest BCUT2D eigenvalue weighted by Gasteiger charge is -2.32. The quantitative estimate of drug-likeness (QED) is 0.804. The van der Waals surface area contributed by atoms with Crippen molar-refractivity contribution in [2.45, 2.75) is 12.8 Å². The average Bonchev–Trinajstić information content (AvgIpc) is 2.28. The Morgan fingerprint density at radius 3 is 2.71 bits per heavy atom. The van der Waals surface area contributed by atoms with Gasteiger partial charge in [0.1, 0.15) is 5.82 Å². The van der Waals surface area contributed by atoms with E-state index in [1.54, 1.807) is 12.1 Å². The number of para-hydroxylation sites is 1. The number of benzene rings is 1. The van der Waals surface area contributed by atoms with Gasteiger partial charge < -0.3 is 0 Å². The zero-order chi connectivity index (χ0) is 12.6. The van der Waals surface area contributed by atoms with Gasteiger partial charge in [0, 0.05) is 20.6 Å². The molecule has 0 saturated carbocycles. The lowest BCUT2D eigenvalue weighted by molar-refractivity contribution is 0.509. The van der Waals surface area contributed by atoms with Gasteiger partial charge in [-0.3, -0.25) is 4.31 Å². The molecule has 0 amide bonds. The number of nitrogens with zero attached hydrogens (tertiary/aromatic N) is 2. The van der Waals surface area contributed by atoms with Crippen molar-refractivity contribution in [3.63, 3.8) is 0 Å². The van der Waals surface area contributed by atoms with Gasteiger partial charge in [-0.25, -0.2) is 4.39 Å². The predicted molar refractivity (Wildman–Crippen MR) is 64.7 cm³/mol. The van der Waals surface area contributed by atoms with Crippen LogP contribution in [-0.4, -0.2) is 33.4 Å². The fourth-order valence-corrected chi connectivity index (χ4v) is 3.18. The molecular weight excluding hydrogens is 243 g/mol. The number of fused-ring (bicyclic) bond motifs is 1. The van der Waals surface area contributed by atoms with Gasteiger partial charge in [0.15, 0.2) is 0 Å². The summed E-state index contributed by atoms with van der Waals surface area (Å²) >= 11 is 0. The van der Waals surface area contributed by atoms with Gasteiger partial charge in [0.05, 0.1) is 5.69 Å². The van der Waals surface area contributed by atoms with Crippen molar-refractivity contribution in [1.29, 1.82) is 0 Å². The molecule has 0 N–H and O–H groups in total. The summed E-state index contributed by atoms with van der Waals surface area (Å²) in [7, 11) is -0.711. The molecular formula is C11H15FN2O2S. The molecule has 2 rings (SSSR count). The van der Waals surface area contributed by atoms with Crippen molar-refractivity contribution >= 4 is 15.9 Å². The molecule has 94 valence electrons. The van der Waals surface area contributed by atoms with Crippen LogP contribution in [0.15, 0.2) is 18.2 Å². The van der Waals surface area contributed by atoms with E-state index in [1.807, 2.05) is 0 Å². The van der Waals surface area contributed by atoms with Crippen LogP contribution in [0.3, 0.4) is 0 Å². The zero-order valence-electron chi connectivity index (χ0n) is 9.85. The van der Waals surface area contributed by atoms with Crippen molar-refractivity contribution in [2.75, 3.05) is 24.9 Å². The van der Waals surface area contributed by atoms with Crippen molar-refractivity contribution in [1.82, 2.24) is 4.31 Å². The summed E-state index contributed by atoms with van der Waals surface area (Å²) in [6.45, 7) is 0.328. The Kier molecular flexibility index (Phi) is 3.09. The number of hydrogen-bond acceptors (Lipinski definition) is 2. The molecule has 4 nitrogen and oxygen atoms in total. The standard InChI is InChI=1S/C11H15FN2O2S/c1-13(2)17(15,16)14-8-4-6-9-5-3-7-10(12)11(9)14/h3,5,7H,4,6,8H2,1-2H3. The summed E-state index contributed by atoms with van der Waals surface area (Å²) in [6.07, 6.45) is 1.43. The molecule has 0 fully saturated rings. The Bertz CT molecular complexity index is 528. The minimum absolute atomic E-state index is 0.201. The maximum Gasteiger partial charge on any atom is 0.303 e. The van der Waals surface area contributed by atoms with E-state index in [-0.39, 0.29) is 5.69 Å². The molecule has 1 aliphatic heterocycles. The largest absolute Gasteiger partial charge is 0.303 e. The fourth-order valence-electron chi connectivity index (χ4n) is 1.99. The van der Waals surface area contributed by atoms with Crippen molar-refractivity contribution in [2.24, 2.45) is 0 Å². The number of anilines is 1. The van der Waals surface area contributed by atoms with Crippen molar-refractivity contribution < 1.29 is 12.8 Å². The van der Waals surface area contributed by atoms with E-state index in [0.29, 0.717) is 19.4 Å². The summed E-state index contributed by atoms with van der Waals surface area (Å²) in [4.78, 5) is 0. The van der Waals surface area contributed by atoms with E-state index in [1.165, 1.54) is 20.2 Å². The normalized spacial score (nSPS) is 16.1. The van der Waals surface area contributed by atoms with E-state index in [2.05, 4.69) is 0 Å². The number of hydrogen-bond donors (Lipinski definition) is 0. The highest BCUT2D eigenvalue weighted by Gasteiger charge is 2.31. The molecule has 17 heavy (non-hydrogen) atoms. The van der Waals surface area contributed by atoms with Crippen LogP contribution in [0.4, 0.5) is 10.1 Å². The van der Waals surface area contributed by atoms with Gasteiger partial charge >= 0.3 is 10.2 Å². The summed E-state index contributed by atoms with van der Waals surface area (Å²) in [5.74, 6) is -0.479. The third-order valence-electron chi connectivity index (χ3n) is 2.87. The van der Waals surface area contributed by atoms with Gasteiger partial charge in [0.2, 0.25) is 0 Å². The molecule has 1 aliphatic rings. The molecule has 0 bridgehead atoms. The molecule has 1 aromatic carbocycles. The average molecular weight is 258 g/mol. The first-order valence-electron chi connectivity index (χ1n) is 5.42. The van der Waals surface area contributed by atoms with E-state index in [0.717, 1.165) is 14.2 Å². The Balaban J connectivity index is 2.56. The maximum atomic E-state index is 13.8. The first-order valence-corrected chi connectivity index (χ1v) is 6.82. The molecule has 0 atom stereocenters. The van der Waals surface area contributed by atoms with Gasteiger partial charge in [0.25, 0.3) is 0 Å². The molecule has 1 heterocycles. The molecule has 0 unspecified atom stereocenters. The van der Waals surface area contributed by atoms with Crippen LogP contribution >= 0.6 is 0 Å². The molecule has 1 aromatic rings. The fraction of sp³-hybridized carbons (Fsp3) is 0.455. The van der Waals surface area contributed by atoms with E-state index in [4.69, 9.17) is 0 Å². The lowest BCUT2D eigenvalue weighted by atomic mass is 10.0. The van der Waals surface area contributed by atoms with E-state index >= 15 is 0 Å². The SMILES string of the molecule is CN(C)S(=O)(=O)N1CCCc2cccc(F)c21. The van der Waals surface area contributed by atoms with Crippen molar-refractivity contribution in [3.05, 3.63) is 29.6 Å². The van der Waals surface area contributed by atoms with Crippen LogP contribution in [0.25, 0.3) is 0 Å². The number of aryl methyl sites for hydroxylation is 1. The lowest BCUT2D eigenvalue weighted by Crippen LogP contribution is -2.43. The van der Waals surface area contributed by atoms with Gasteiger partial charge in [-0.1, -0.05) is 12.1 Å². The molecule has 0 spiro atoms. The first kappa shape index (κ1) is 12.3. The summed E-state index contributed by atoms with van der Waals surface area (Å²) < 4.78 is 40.2. The number of rotatable bonds is 2. The number of halogens is 1. The van der Waals surface area contributed by atoms with Gasteiger partial charge in [-0.15, -0.1) is 0 Å². The zero-order valence-corrected chi connectivity index (χ0v) is 10.7. The minimum atomic E-state index is -3.61. The van der Waals surface area contributed by atoms with Crippen LogP contribution in [0.2, 0.25) is 0 Å². The highest BCUT2D eigenvalue weighted by Crippen LogP contribution is 2.32. The Morgan fingerprint density at radius 1 is 1.35 bits per heavy atom. The summed E-state index contributed by atoms with van der Waals surface area (Å²) in [5.41, 5.74) is 0.953. The maximum absolute atomic E-state index is 13.8. The second kappa shape index (κ2) is 4.27. The van der Waals surface area contributed by atoms with Crippen LogP contribution in [0.5, 0.6) is 0 Å². The second-order valence-electron chi connectivity index (χ2n) is 4.21. The Hall–Kier alpha value is -1.14. The first-order chi connectivity index (χ1) is 7.94. The summed E-state index contributed by atoms with van der Waals surface area (Å²) in [5, 5.41) is 0. The molecule has 0 aliphatic carbocycles. The third kappa shape index (κ3) is 2.02. The second-order valence-corrected chi connectivity index (χ2v) is 6.28. The monoisotopic (exact) mass is 258 g/mol. The highest BCUT2D eigenvalue weighted by atomic mass is 32.2. The van der Waals surface area contributed by atoms with Crippen LogP contribution < -0.4 is 4.31 Å². The van der Waals surface area contributed by atoms with Gasteiger partial charge in [-0.05, 0) is 24.5 Å². The Morgan fingerprint density at radius 2 is 2.06 bits per heavy atom. The van der Waals surface area contributed by atoms with E-state index < -0.39 is 16.0 Å². The minimum Gasteiger partial charge on any atom is -0.254 e. The van der Waals surface area contributed by atoms with Crippen molar-refractivity contribution in [3.8, 4) is 0 Å². The third-order valence-corrected chi connectivity index (χ3v) is 4.71. The van der Waals surface area contributed by atoms with Gasteiger partial charge in [-0.2, -0.15) is 12.7 Å². The molecule has 0 radical (unpaired) electrons. The smallest absolute Gasteiger partial charge is 0.254 e. The van der Waals surface area contributed by atoms with Crippen LogP contribution in [-0.2, 0) is 16.6 Å². The predicted octanol–water partition coefficient (Wildman–Crippen LogP) is 1.38. The molecule has 6 heteroatoms. The molecule has 0 saturated heterocycles.